The molecular formula is C23H19N3O5. The molecule has 0 saturated carbocycles. The predicted octanol–water partition coefficient (Wildman–Crippen LogP) is 2.91. The standard InChI is InChI=1S/C23H19N3O5/c27-20-11-16-5-6-17(22(29)25-13-26-8-7-24-12-26)9-18(16)10-19(20)21(28)14-1-3-15(4-2-14)23(30)31/h1-12,21,27-28H,13H2,(H,25,29)(H,30,31). The molecule has 0 aliphatic rings. The maximum atomic E-state index is 12.5. The van der Waals surface area contributed by atoms with Crippen molar-refractivity contribution < 1.29 is 24.9 Å². The van der Waals surface area contributed by atoms with Crippen molar-refractivity contribution in [2.24, 2.45) is 0 Å². The van der Waals surface area contributed by atoms with Crippen molar-refractivity contribution >= 4 is 22.6 Å². The van der Waals surface area contributed by atoms with Crippen molar-refractivity contribution in [3.8, 4) is 5.75 Å². The van der Waals surface area contributed by atoms with Crippen LogP contribution in [0.4, 0.5) is 0 Å². The Kier molecular flexibility index (Phi) is 5.38. The minimum absolute atomic E-state index is 0.0976. The molecule has 0 saturated heterocycles. The van der Waals surface area contributed by atoms with Gasteiger partial charge in [-0.05, 0) is 52.7 Å². The zero-order chi connectivity index (χ0) is 22.0. The second-order valence-corrected chi connectivity index (χ2v) is 7.04. The van der Waals surface area contributed by atoms with Crippen LogP contribution in [-0.2, 0) is 6.67 Å². The number of carboxylic acid groups (broad SMARTS) is 1. The third-order valence-corrected chi connectivity index (χ3v) is 5.00. The Labute approximate surface area is 177 Å². The molecule has 0 bridgehead atoms. The Hall–Kier alpha value is -4.17. The van der Waals surface area contributed by atoms with E-state index in [2.05, 4.69) is 10.3 Å². The lowest BCUT2D eigenvalue weighted by Crippen LogP contribution is -2.25. The fraction of sp³-hybridized carbons (Fsp3) is 0.0870. The molecule has 1 amide bonds. The van der Waals surface area contributed by atoms with Gasteiger partial charge in [0.15, 0.2) is 0 Å². The Morgan fingerprint density at radius 3 is 2.42 bits per heavy atom. The van der Waals surface area contributed by atoms with E-state index in [0.717, 1.165) is 0 Å². The monoisotopic (exact) mass is 417 g/mol. The van der Waals surface area contributed by atoms with E-state index in [-0.39, 0.29) is 29.5 Å². The van der Waals surface area contributed by atoms with E-state index < -0.39 is 12.1 Å². The third-order valence-electron chi connectivity index (χ3n) is 5.00. The van der Waals surface area contributed by atoms with Crippen LogP contribution in [0.25, 0.3) is 10.8 Å². The molecule has 3 aromatic carbocycles. The molecule has 156 valence electrons. The predicted molar refractivity (Wildman–Crippen MR) is 113 cm³/mol. The van der Waals surface area contributed by atoms with Crippen molar-refractivity contribution in [3.63, 3.8) is 0 Å². The topological polar surface area (TPSA) is 125 Å². The van der Waals surface area contributed by atoms with Crippen molar-refractivity contribution in [3.05, 3.63) is 95.6 Å². The van der Waals surface area contributed by atoms with Crippen LogP contribution in [0.2, 0.25) is 0 Å². The van der Waals surface area contributed by atoms with Gasteiger partial charge in [0.25, 0.3) is 5.91 Å². The summed E-state index contributed by atoms with van der Waals surface area (Å²) in [6.07, 6.45) is 3.79. The molecule has 1 unspecified atom stereocenters. The molecule has 8 heteroatoms. The molecule has 0 fully saturated rings. The number of nitrogens with zero attached hydrogens (tertiary/aromatic N) is 2. The quantitative estimate of drug-likeness (QED) is 0.382. The summed E-state index contributed by atoms with van der Waals surface area (Å²) >= 11 is 0. The van der Waals surface area contributed by atoms with E-state index in [1.807, 2.05) is 0 Å². The molecule has 1 atom stereocenters. The lowest BCUT2D eigenvalue weighted by Gasteiger charge is -2.15. The number of aliphatic hydroxyl groups excluding tert-OH is 1. The zero-order valence-electron chi connectivity index (χ0n) is 16.3. The molecule has 0 aliphatic heterocycles. The number of amides is 1. The number of imidazole rings is 1. The molecule has 0 radical (unpaired) electrons. The summed E-state index contributed by atoms with van der Waals surface area (Å²) in [5.41, 5.74) is 1.23. The van der Waals surface area contributed by atoms with Gasteiger partial charge in [-0.2, -0.15) is 0 Å². The smallest absolute Gasteiger partial charge is 0.335 e. The number of hydrogen-bond donors (Lipinski definition) is 4. The van der Waals surface area contributed by atoms with Gasteiger partial charge in [-0.25, -0.2) is 9.78 Å². The fourth-order valence-electron chi connectivity index (χ4n) is 3.30. The van der Waals surface area contributed by atoms with Gasteiger partial charge in [-0.15, -0.1) is 0 Å². The van der Waals surface area contributed by atoms with Gasteiger partial charge in [0.05, 0.1) is 18.6 Å². The number of carbonyl (C=O) groups is 2. The Morgan fingerprint density at radius 1 is 1.00 bits per heavy atom. The molecule has 0 spiro atoms. The Morgan fingerprint density at radius 2 is 1.74 bits per heavy atom. The maximum absolute atomic E-state index is 12.5. The van der Waals surface area contributed by atoms with E-state index in [1.54, 1.807) is 47.6 Å². The highest BCUT2D eigenvalue weighted by Crippen LogP contribution is 2.33. The van der Waals surface area contributed by atoms with Crippen LogP contribution in [0, 0.1) is 0 Å². The fourth-order valence-corrected chi connectivity index (χ4v) is 3.30. The van der Waals surface area contributed by atoms with Gasteiger partial charge in [-0.3, -0.25) is 4.79 Å². The van der Waals surface area contributed by atoms with E-state index in [0.29, 0.717) is 21.9 Å². The van der Waals surface area contributed by atoms with Crippen LogP contribution in [-0.4, -0.2) is 36.7 Å². The highest BCUT2D eigenvalue weighted by atomic mass is 16.4. The summed E-state index contributed by atoms with van der Waals surface area (Å²) in [5, 5.41) is 34.3. The molecule has 0 aliphatic carbocycles. The van der Waals surface area contributed by atoms with Crippen molar-refractivity contribution in [2.45, 2.75) is 12.8 Å². The largest absolute Gasteiger partial charge is 0.508 e. The van der Waals surface area contributed by atoms with Crippen molar-refractivity contribution in [2.75, 3.05) is 0 Å². The average Bonchev–Trinajstić information content (AvgIpc) is 3.30. The first kappa shape index (κ1) is 20.1. The molecule has 31 heavy (non-hydrogen) atoms. The van der Waals surface area contributed by atoms with Crippen LogP contribution in [0.1, 0.15) is 37.9 Å². The van der Waals surface area contributed by atoms with Gasteiger partial charge in [-0.1, -0.05) is 18.2 Å². The molecule has 8 nitrogen and oxygen atoms in total. The third kappa shape index (κ3) is 4.24. The molecule has 1 aromatic heterocycles. The molecule has 4 N–H and O–H groups in total. The van der Waals surface area contributed by atoms with Crippen LogP contribution >= 0.6 is 0 Å². The maximum Gasteiger partial charge on any atom is 0.335 e. The number of aromatic carboxylic acids is 1. The summed E-state index contributed by atoms with van der Waals surface area (Å²) in [6, 6.07) is 14.0. The van der Waals surface area contributed by atoms with Crippen molar-refractivity contribution in [1.82, 2.24) is 14.9 Å². The number of aliphatic hydroxyl groups is 1. The lowest BCUT2D eigenvalue weighted by atomic mass is 9.96. The number of phenolic OH excluding ortho intramolecular Hbond substituents is 1. The lowest BCUT2D eigenvalue weighted by molar-refractivity contribution is 0.0696. The number of carbonyl (C=O) groups excluding carboxylic acids is 1. The molecule has 4 aromatic rings. The van der Waals surface area contributed by atoms with Crippen LogP contribution < -0.4 is 5.32 Å². The first-order chi connectivity index (χ1) is 14.9. The van der Waals surface area contributed by atoms with E-state index >= 15 is 0 Å². The SMILES string of the molecule is O=C(O)c1ccc(C(O)c2cc3cc(C(=O)NCn4ccnc4)ccc3cc2O)cc1. The first-order valence-electron chi connectivity index (χ1n) is 9.44. The Bertz CT molecular complexity index is 1250. The normalized spacial score (nSPS) is 11.9. The minimum Gasteiger partial charge on any atom is -0.508 e. The zero-order valence-corrected chi connectivity index (χ0v) is 16.3. The second kappa shape index (κ2) is 8.29. The molecule has 1 heterocycles. The van der Waals surface area contributed by atoms with Crippen molar-refractivity contribution in [1.29, 1.82) is 0 Å². The summed E-state index contributed by atoms with van der Waals surface area (Å²) < 4.78 is 1.72. The van der Waals surface area contributed by atoms with E-state index in [4.69, 9.17) is 5.11 Å². The number of hydrogen-bond acceptors (Lipinski definition) is 5. The number of carboxylic acids is 1. The van der Waals surface area contributed by atoms with Crippen LogP contribution in [0.3, 0.4) is 0 Å². The first-order valence-corrected chi connectivity index (χ1v) is 9.44. The summed E-state index contributed by atoms with van der Waals surface area (Å²) in [5.74, 6) is -1.43. The van der Waals surface area contributed by atoms with Gasteiger partial charge < -0.3 is 25.2 Å². The number of aromatic hydroxyl groups is 1. The van der Waals surface area contributed by atoms with Gasteiger partial charge >= 0.3 is 5.97 Å². The highest BCUT2D eigenvalue weighted by molar-refractivity contribution is 5.99. The minimum atomic E-state index is -1.16. The summed E-state index contributed by atoms with van der Waals surface area (Å²) in [4.78, 5) is 27.4. The van der Waals surface area contributed by atoms with E-state index in [9.17, 15) is 19.8 Å². The van der Waals surface area contributed by atoms with E-state index in [1.165, 1.54) is 30.3 Å². The highest BCUT2D eigenvalue weighted by Gasteiger charge is 2.17. The number of aromatic nitrogens is 2. The van der Waals surface area contributed by atoms with Crippen LogP contribution in [0.15, 0.2) is 73.3 Å². The van der Waals surface area contributed by atoms with Crippen LogP contribution in [0.5, 0.6) is 5.75 Å². The summed E-state index contributed by atoms with van der Waals surface area (Å²) in [7, 11) is 0. The van der Waals surface area contributed by atoms with Gasteiger partial charge in [0.1, 0.15) is 11.9 Å². The molecular weight excluding hydrogens is 398 g/mol. The molecule has 4 rings (SSSR count). The number of benzene rings is 3. The number of nitrogens with one attached hydrogen (secondary N) is 1. The second-order valence-electron chi connectivity index (χ2n) is 7.04. The number of phenols is 1. The number of rotatable bonds is 6. The Balaban J connectivity index is 1.61. The average molecular weight is 417 g/mol. The van der Waals surface area contributed by atoms with Gasteiger partial charge in [0, 0.05) is 23.5 Å². The number of fused-ring (bicyclic) bond motifs is 1. The summed E-state index contributed by atoms with van der Waals surface area (Å²) in [6.45, 7) is 0.281. The van der Waals surface area contributed by atoms with Gasteiger partial charge in [0.2, 0.25) is 0 Å².